The molecule has 6 heteroatoms. The fourth-order valence-corrected chi connectivity index (χ4v) is 5.06. The number of carbonyl (C=O) groups is 2. The van der Waals surface area contributed by atoms with Crippen LogP contribution >= 0.6 is 0 Å². The molecule has 1 aliphatic heterocycles. The van der Waals surface area contributed by atoms with Crippen molar-refractivity contribution < 1.29 is 14.3 Å². The number of likely N-dealkylation sites (N-methyl/N-ethyl adjacent to an activating group) is 1. The first-order valence-electron chi connectivity index (χ1n) is 14.4. The summed E-state index contributed by atoms with van der Waals surface area (Å²) in [5.74, 6) is 0.0912. The van der Waals surface area contributed by atoms with E-state index in [2.05, 4.69) is 43.2 Å². The lowest BCUT2D eigenvalue weighted by Crippen LogP contribution is -2.47. The Kier molecular flexibility index (Phi) is 14.9. The normalized spacial score (nSPS) is 19.0. The zero-order valence-corrected chi connectivity index (χ0v) is 24.8. The molecule has 1 aromatic heterocycles. The Morgan fingerprint density at radius 2 is 1.70 bits per heavy atom. The van der Waals surface area contributed by atoms with Crippen LogP contribution in [0.4, 0.5) is 4.79 Å². The molecule has 1 aliphatic carbocycles. The second kappa shape index (κ2) is 17.0. The molecule has 0 fully saturated rings. The predicted octanol–water partition coefficient (Wildman–Crippen LogP) is 6.74. The Labute approximate surface area is 226 Å². The van der Waals surface area contributed by atoms with Gasteiger partial charge in [-0.15, -0.1) is 0 Å². The fourth-order valence-electron chi connectivity index (χ4n) is 5.06. The summed E-state index contributed by atoms with van der Waals surface area (Å²) < 4.78 is 6.99. The maximum Gasteiger partial charge on any atom is 0.418 e. The average Bonchev–Trinajstić information content (AvgIpc) is 3.27. The molecular formula is C31H51N3O3. The molecule has 0 saturated carbocycles. The highest BCUT2D eigenvalue weighted by Crippen LogP contribution is 2.31. The topological polar surface area (TPSA) is 54.8 Å². The van der Waals surface area contributed by atoms with E-state index in [-0.39, 0.29) is 24.0 Å². The van der Waals surface area contributed by atoms with Gasteiger partial charge in [0.15, 0.2) is 0 Å². The van der Waals surface area contributed by atoms with Crippen molar-refractivity contribution in [2.75, 3.05) is 33.3 Å². The minimum atomic E-state index is -0.332. The van der Waals surface area contributed by atoms with E-state index in [0.717, 1.165) is 44.5 Å². The average molecular weight is 514 g/mol. The monoisotopic (exact) mass is 513 g/mol. The Hall–Kier alpha value is -2.60. The maximum atomic E-state index is 13.1. The van der Waals surface area contributed by atoms with Gasteiger partial charge in [0.1, 0.15) is 0 Å². The highest BCUT2D eigenvalue weighted by atomic mass is 16.5. The lowest BCUT2D eigenvalue weighted by atomic mass is 9.86. The quantitative estimate of drug-likeness (QED) is 0.409. The van der Waals surface area contributed by atoms with E-state index in [1.54, 1.807) is 4.57 Å². The molecular weight excluding hydrogens is 462 g/mol. The standard InChI is InChI=1S/C27H39N3O3.2C2H6/c1-6-23-21-17-25-20(16-22(18-28(25)5)26(31)29(7-2)8-3)14-12-10-11-13-15-24(23)30(19-21)27(32)33-9-4;2*1-2/h10,12-13,15-16,19,22,25H,6-9,11,14,17-18H2,1-5H3;2*1-2H3/t22-,25-;;/m1../s1. The molecule has 37 heavy (non-hydrogen) atoms. The molecule has 2 heterocycles. The number of fused-ring (bicyclic) bond motifs is 3. The van der Waals surface area contributed by atoms with Crippen molar-refractivity contribution in [3.63, 3.8) is 0 Å². The van der Waals surface area contributed by atoms with Gasteiger partial charge in [0.25, 0.3) is 0 Å². The molecule has 0 unspecified atom stereocenters. The van der Waals surface area contributed by atoms with Crippen LogP contribution in [0.1, 0.15) is 85.1 Å². The Morgan fingerprint density at radius 3 is 2.30 bits per heavy atom. The summed E-state index contributed by atoms with van der Waals surface area (Å²) in [6, 6.07) is 0.190. The van der Waals surface area contributed by atoms with Crippen LogP contribution in [0, 0.1) is 5.92 Å². The molecule has 208 valence electrons. The molecule has 2 atom stereocenters. The molecule has 0 radical (unpaired) electrons. The highest BCUT2D eigenvalue weighted by Gasteiger charge is 2.33. The van der Waals surface area contributed by atoms with E-state index in [1.807, 2.05) is 65.6 Å². The first kappa shape index (κ1) is 32.4. The van der Waals surface area contributed by atoms with Crippen LogP contribution < -0.4 is 0 Å². The second-order valence-corrected chi connectivity index (χ2v) is 8.77. The van der Waals surface area contributed by atoms with E-state index < -0.39 is 0 Å². The number of amides is 1. The molecule has 1 amide bonds. The number of rotatable bonds is 5. The van der Waals surface area contributed by atoms with Crippen molar-refractivity contribution in [3.8, 4) is 0 Å². The molecule has 0 N–H and O–H groups in total. The molecule has 2 aliphatic rings. The Morgan fingerprint density at radius 1 is 1.03 bits per heavy atom. The molecule has 6 nitrogen and oxygen atoms in total. The van der Waals surface area contributed by atoms with Gasteiger partial charge in [-0.3, -0.25) is 14.3 Å². The zero-order valence-electron chi connectivity index (χ0n) is 24.8. The van der Waals surface area contributed by atoms with E-state index in [1.165, 1.54) is 16.7 Å². The number of hydrogen-bond donors (Lipinski definition) is 0. The van der Waals surface area contributed by atoms with Gasteiger partial charge >= 0.3 is 6.09 Å². The van der Waals surface area contributed by atoms with Crippen LogP contribution in [-0.2, 0) is 22.4 Å². The highest BCUT2D eigenvalue weighted by molar-refractivity contribution is 5.81. The summed E-state index contributed by atoms with van der Waals surface area (Å²) >= 11 is 0. The molecule has 1 aromatic rings. The summed E-state index contributed by atoms with van der Waals surface area (Å²) in [6.07, 6.45) is 15.6. The summed E-state index contributed by atoms with van der Waals surface area (Å²) in [5, 5.41) is 0. The number of nitrogens with zero attached hydrogens (tertiary/aromatic N) is 3. The van der Waals surface area contributed by atoms with Crippen LogP contribution in [0.25, 0.3) is 6.08 Å². The molecule has 3 rings (SSSR count). The van der Waals surface area contributed by atoms with Gasteiger partial charge in [-0.25, -0.2) is 4.79 Å². The fraction of sp³-hybridized carbons (Fsp3) is 0.613. The SMILES string of the molecule is CC.CC.CCOC(=O)n1cc2c(CC)c1C=CCC=CCC1=C[C@@H](C(=O)N(CC)CC)CN(C)[C@@H]1C2. The first-order valence-corrected chi connectivity index (χ1v) is 14.4. The van der Waals surface area contributed by atoms with Gasteiger partial charge in [0.2, 0.25) is 5.91 Å². The van der Waals surface area contributed by atoms with Gasteiger partial charge < -0.3 is 9.64 Å². The van der Waals surface area contributed by atoms with Crippen molar-refractivity contribution in [2.24, 2.45) is 5.92 Å². The van der Waals surface area contributed by atoms with Crippen molar-refractivity contribution in [2.45, 2.75) is 87.1 Å². The Bertz CT molecular complexity index is 938. The second-order valence-electron chi connectivity index (χ2n) is 8.77. The third kappa shape index (κ3) is 8.19. The molecule has 0 aromatic carbocycles. The number of ether oxygens (including phenoxy) is 1. The van der Waals surface area contributed by atoms with Crippen LogP contribution in [0.5, 0.6) is 0 Å². The third-order valence-electron chi connectivity index (χ3n) is 6.79. The molecule has 0 spiro atoms. The van der Waals surface area contributed by atoms with Gasteiger partial charge in [-0.1, -0.05) is 64.5 Å². The minimum Gasteiger partial charge on any atom is -0.449 e. The van der Waals surface area contributed by atoms with Crippen molar-refractivity contribution in [3.05, 3.63) is 52.9 Å². The lowest BCUT2D eigenvalue weighted by Gasteiger charge is -2.38. The van der Waals surface area contributed by atoms with Gasteiger partial charge in [-0.2, -0.15) is 0 Å². The van der Waals surface area contributed by atoms with Gasteiger partial charge in [-0.05, 0) is 70.7 Å². The van der Waals surface area contributed by atoms with Gasteiger partial charge in [0.05, 0.1) is 18.2 Å². The zero-order chi connectivity index (χ0) is 28.0. The molecule has 2 bridgehead atoms. The van der Waals surface area contributed by atoms with Gasteiger partial charge in [0, 0.05) is 31.9 Å². The van der Waals surface area contributed by atoms with E-state index in [9.17, 15) is 9.59 Å². The summed E-state index contributed by atoms with van der Waals surface area (Å²) in [4.78, 5) is 30.0. The van der Waals surface area contributed by atoms with Crippen LogP contribution in [0.3, 0.4) is 0 Å². The number of allylic oxidation sites excluding steroid dienone is 3. The third-order valence-corrected chi connectivity index (χ3v) is 6.79. The van der Waals surface area contributed by atoms with E-state index in [0.29, 0.717) is 13.2 Å². The molecule has 0 saturated heterocycles. The van der Waals surface area contributed by atoms with Crippen molar-refractivity contribution in [1.29, 1.82) is 0 Å². The van der Waals surface area contributed by atoms with E-state index in [4.69, 9.17) is 4.74 Å². The van der Waals surface area contributed by atoms with Crippen molar-refractivity contribution in [1.82, 2.24) is 14.4 Å². The largest absolute Gasteiger partial charge is 0.449 e. The van der Waals surface area contributed by atoms with E-state index >= 15 is 0 Å². The van der Waals surface area contributed by atoms with Crippen LogP contribution in [-0.4, -0.2) is 65.7 Å². The first-order chi connectivity index (χ1) is 17.9. The smallest absolute Gasteiger partial charge is 0.418 e. The number of hydrogen-bond acceptors (Lipinski definition) is 4. The predicted molar refractivity (Wildman–Crippen MR) is 156 cm³/mol. The number of aromatic nitrogens is 1. The summed E-state index contributed by atoms with van der Waals surface area (Å²) in [5.41, 5.74) is 4.56. The Balaban J connectivity index is 0.00000163. The summed E-state index contributed by atoms with van der Waals surface area (Å²) in [6.45, 7) is 18.6. The van der Waals surface area contributed by atoms with Crippen molar-refractivity contribution >= 4 is 18.1 Å². The number of carbonyl (C=O) groups excluding carboxylic acids is 2. The van der Waals surface area contributed by atoms with Crippen LogP contribution in [0.15, 0.2) is 36.1 Å². The lowest BCUT2D eigenvalue weighted by molar-refractivity contribution is -0.134. The maximum absolute atomic E-state index is 13.1. The summed E-state index contributed by atoms with van der Waals surface area (Å²) in [7, 11) is 2.12. The van der Waals surface area contributed by atoms with Crippen LogP contribution in [0.2, 0.25) is 0 Å². The minimum absolute atomic E-state index is 0.118.